The molecule has 1 N–H and O–H groups in total. The summed E-state index contributed by atoms with van der Waals surface area (Å²) in [5.74, 6) is 1.70. The van der Waals surface area contributed by atoms with Crippen LogP contribution in [0.4, 0.5) is 0 Å². The predicted molar refractivity (Wildman–Crippen MR) is 62.4 cm³/mol. The van der Waals surface area contributed by atoms with E-state index in [1.165, 1.54) is 11.1 Å². The van der Waals surface area contributed by atoms with Gasteiger partial charge in [0.25, 0.3) is 0 Å². The summed E-state index contributed by atoms with van der Waals surface area (Å²) in [6.07, 6.45) is 1.16. The predicted octanol–water partition coefficient (Wildman–Crippen LogP) is 2.85. The fraction of sp³-hybridized carbons (Fsp3) is 0.538. The van der Waals surface area contributed by atoms with Crippen molar-refractivity contribution >= 4 is 0 Å². The van der Waals surface area contributed by atoms with Crippen LogP contribution < -0.4 is 10.1 Å². The van der Waals surface area contributed by atoms with Gasteiger partial charge in [0.05, 0.1) is 6.04 Å². The van der Waals surface area contributed by atoms with Crippen molar-refractivity contribution in [1.82, 2.24) is 5.32 Å². The van der Waals surface area contributed by atoms with Gasteiger partial charge < -0.3 is 10.1 Å². The molecule has 0 saturated carbocycles. The molecule has 2 nitrogen and oxygen atoms in total. The average Bonchev–Trinajstić information content (AvgIpc) is 2.70. The van der Waals surface area contributed by atoms with Crippen molar-refractivity contribution in [2.75, 3.05) is 13.7 Å². The smallest absolute Gasteiger partial charge is 0.127 e. The maximum absolute atomic E-state index is 5.79. The number of nitrogens with one attached hydrogen (secondary N) is 1. The number of hydrogen-bond donors (Lipinski definition) is 1. The van der Waals surface area contributed by atoms with E-state index >= 15 is 0 Å². The summed E-state index contributed by atoms with van der Waals surface area (Å²) in [6.45, 7) is 5.24. The summed E-state index contributed by atoms with van der Waals surface area (Å²) < 4.78 is 5.79. The van der Waals surface area contributed by atoms with Gasteiger partial charge in [-0.3, -0.25) is 0 Å². The van der Waals surface area contributed by atoms with E-state index in [1.54, 1.807) is 0 Å². The van der Waals surface area contributed by atoms with Crippen LogP contribution in [-0.4, -0.2) is 13.7 Å². The Balaban J connectivity index is 2.39. The number of ether oxygens (including phenoxy) is 1. The fourth-order valence-corrected chi connectivity index (χ4v) is 2.12. The zero-order valence-corrected chi connectivity index (χ0v) is 9.71. The van der Waals surface area contributed by atoms with Gasteiger partial charge in [-0.15, -0.1) is 0 Å². The Hall–Kier alpha value is -1.02. The second-order valence-electron chi connectivity index (χ2n) is 4.23. The molecular weight excluding hydrogens is 186 g/mol. The maximum atomic E-state index is 5.79. The van der Waals surface area contributed by atoms with E-state index in [0.29, 0.717) is 12.0 Å². The Morgan fingerprint density at radius 3 is 3.00 bits per heavy atom. The average molecular weight is 205 g/mol. The van der Waals surface area contributed by atoms with E-state index in [-0.39, 0.29) is 0 Å². The Morgan fingerprint density at radius 1 is 1.53 bits per heavy atom. The van der Waals surface area contributed by atoms with Crippen molar-refractivity contribution in [2.24, 2.45) is 0 Å². The van der Waals surface area contributed by atoms with Crippen LogP contribution in [0.25, 0.3) is 0 Å². The lowest BCUT2D eigenvalue weighted by Crippen LogP contribution is -2.16. The highest BCUT2D eigenvalue weighted by Crippen LogP contribution is 2.39. The first-order chi connectivity index (χ1) is 7.27. The van der Waals surface area contributed by atoms with Crippen LogP contribution in [0, 0.1) is 0 Å². The molecule has 0 spiro atoms. The fourth-order valence-electron chi connectivity index (χ4n) is 2.12. The molecule has 82 valence electrons. The van der Waals surface area contributed by atoms with Gasteiger partial charge in [-0.25, -0.2) is 0 Å². The highest BCUT2D eigenvalue weighted by Gasteiger charge is 2.25. The lowest BCUT2D eigenvalue weighted by molar-refractivity contribution is 0.314. The Labute approximate surface area is 91.6 Å². The molecule has 1 aliphatic heterocycles. The summed E-state index contributed by atoms with van der Waals surface area (Å²) in [6, 6.07) is 6.85. The summed E-state index contributed by atoms with van der Waals surface area (Å²) in [4.78, 5) is 0. The van der Waals surface area contributed by atoms with Crippen molar-refractivity contribution < 1.29 is 4.74 Å². The summed E-state index contributed by atoms with van der Waals surface area (Å²) in [5.41, 5.74) is 2.67. The molecule has 0 aromatic heterocycles. The Kier molecular flexibility index (Phi) is 2.96. The molecule has 0 saturated heterocycles. The standard InChI is InChI=1S/C13H19NO/c1-4-9(2)10-6-5-7-11-12(14-3)8-15-13(10)11/h5-7,9,12,14H,4,8H2,1-3H3. The molecule has 2 heteroatoms. The van der Waals surface area contributed by atoms with Crippen molar-refractivity contribution in [3.05, 3.63) is 29.3 Å². The highest BCUT2D eigenvalue weighted by molar-refractivity contribution is 5.47. The molecule has 15 heavy (non-hydrogen) atoms. The van der Waals surface area contributed by atoms with Gasteiger partial charge in [-0.05, 0) is 24.9 Å². The minimum absolute atomic E-state index is 0.365. The first-order valence-electron chi connectivity index (χ1n) is 5.70. The van der Waals surface area contributed by atoms with Crippen LogP contribution in [0.5, 0.6) is 5.75 Å². The largest absolute Gasteiger partial charge is 0.491 e. The van der Waals surface area contributed by atoms with Gasteiger partial charge >= 0.3 is 0 Å². The van der Waals surface area contributed by atoms with Crippen LogP contribution in [0.15, 0.2) is 18.2 Å². The van der Waals surface area contributed by atoms with E-state index in [1.807, 2.05) is 7.05 Å². The Bertz CT molecular complexity index is 348. The monoisotopic (exact) mass is 205 g/mol. The molecule has 0 bridgehead atoms. The molecule has 2 rings (SSSR count). The van der Waals surface area contributed by atoms with Gasteiger partial charge in [0.15, 0.2) is 0 Å². The van der Waals surface area contributed by atoms with E-state index in [2.05, 4.69) is 37.4 Å². The van der Waals surface area contributed by atoms with Gasteiger partial charge in [-0.1, -0.05) is 32.0 Å². The molecule has 1 aromatic carbocycles. The molecule has 0 fully saturated rings. The number of hydrogen-bond acceptors (Lipinski definition) is 2. The first kappa shape index (κ1) is 10.5. The van der Waals surface area contributed by atoms with E-state index in [9.17, 15) is 0 Å². The molecule has 0 aliphatic carbocycles. The van der Waals surface area contributed by atoms with E-state index in [0.717, 1.165) is 18.8 Å². The number of benzene rings is 1. The Morgan fingerprint density at radius 2 is 2.33 bits per heavy atom. The quantitative estimate of drug-likeness (QED) is 0.819. The van der Waals surface area contributed by atoms with Crippen molar-refractivity contribution in [3.63, 3.8) is 0 Å². The van der Waals surface area contributed by atoms with Crippen molar-refractivity contribution in [1.29, 1.82) is 0 Å². The normalized spacial score (nSPS) is 20.9. The SMILES string of the molecule is CCC(C)c1cccc2c1OCC2NC. The third-order valence-electron chi connectivity index (χ3n) is 3.34. The molecule has 1 heterocycles. The third kappa shape index (κ3) is 1.74. The van der Waals surface area contributed by atoms with Crippen LogP contribution in [0.1, 0.15) is 43.4 Å². The first-order valence-corrected chi connectivity index (χ1v) is 5.70. The van der Waals surface area contributed by atoms with Crippen molar-refractivity contribution in [2.45, 2.75) is 32.2 Å². The van der Waals surface area contributed by atoms with E-state index < -0.39 is 0 Å². The highest BCUT2D eigenvalue weighted by atomic mass is 16.5. The maximum Gasteiger partial charge on any atom is 0.127 e. The topological polar surface area (TPSA) is 21.3 Å². The number of likely N-dealkylation sites (N-methyl/N-ethyl adjacent to an activating group) is 1. The van der Waals surface area contributed by atoms with Gasteiger partial charge in [-0.2, -0.15) is 0 Å². The summed E-state index contributed by atoms with van der Waals surface area (Å²) >= 11 is 0. The zero-order valence-electron chi connectivity index (χ0n) is 9.71. The second kappa shape index (κ2) is 4.23. The number of rotatable bonds is 3. The minimum atomic E-state index is 0.365. The molecule has 1 aromatic rings. The minimum Gasteiger partial charge on any atom is -0.491 e. The zero-order chi connectivity index (χ0) is 10.8. The van der Waals surface area contributed by atoms with E-state index in [4.69, 9.17) is 4.74 Å². The van der Waals surface area contributed by atoms with Crippen LogP contribution in [0.3, 0.4) is 0 Å². The molecule has 0 radical (unpaired) electrons. The second-order valence-corrected chi connectivity index (χ2v) is 4.23. The summed E-state index contributed by atoms with van der Waals surface area (Å²) in [7, 11) is 1.99. The van der Waals surface area contributed by atoms with Crippen LogP contribution in [0.2, 0.25) is 0 Å². The molecule has 2 atom stereocenters. The van der Waals surface area contributed by atoms with Gasteiger partial charge in [0.2, 0.25) is 0 Å². The van der Waals surface area contributed by atoms with Crippen LogP contribution >= 0.6 is 0 Å². The van der Waals surface area contributed by atoms with Gasteiger partial charge in [0.1, 0.15) is 12.4 Å². The molecule has 0 amide bonds. The van der Waals surface area contributed by atoms with Crippen LogP contribution in [-0.2, 0) is 0 Å². The lowest BCUT2D eigenvalue weighted by atomic mass is 9.94. The van der Waals surface area contributed by atoms with Crippen molar-refractivity contribution in [3.8, 4) is 5.75 Å². The summed E-state index contributed by atoms with van der Waals surface area (Å²) in [5, 5.41) is 3.28. The molecular formula is C13H19NO. The number of fused-ring (bicyclic) bond motifs is 1. The lowest BCUT2D eigenvalue weighted by Gasteiger charge is -2.13. The third-order valence-corrected chi connectivity index (χ3v) is 3.34. The molecule has 1 aliphatic rings. The number of para-hydroxylation sites is 1. The molecule has 2 unspecified atom stereocenters. The van der Waals surface area contributed by atoms with Gasteiger partial charge in [0, 0.05) is 5.56 Å².